The highest BCUT2D eigenvalue weighted by Crippen LogP contribution is 2.34. The molecule has 0 aromatic heterocycles. The van der Waals surface area contributed by atoms with Gasteiger partial charge in [0.25, 0.3) is 0 Å². The van der Waals surface area contributed by atoms with Crippen LogP contribution < -0.4 is 0 Å². The number of carbonyl (C=O) groups excluding carboxylic acids is 2. The molecule has 0 amide bonds. The van der Waals surface area contributed by atoms with Gasteiger partial charge >= 0.3 is 11.9 Å². The van der Waals surface area contributed by atoms with E-state index in [9.17, 15) is 9.59 Å². The second-order valence-corrected chi connectivity index (χ2v) is 6.11. The fourth-order valence-corrected chi connectivity index (χ4v) is 2.97. The summed E-state index contributed by atoms with van der Waals surface area (Å²) in [7, 11) is 0. The lowest BCUT2D eigenvalue weighted by atomic mass is 9.78. The largest absolute Gasteiger partial charge is 0.466 e. The summed E-state index contributed by atoms with van der Waals surface area (Å²) in [5.74, 6) is 0.226. The van der Waals surface area contributed by atoms with E-state index in [1.165, 1.54) is 6.92 Å². The van der Waals surface area contributed by atoms with Gasteiger partial charge in [-0.3, -0.25) is 4.79 Å². The maximum absolute atomic E-state index is 11.8. The van der Waals surface area contributed by atoms with Crippen LogP contribution in [0.4, 0.5) is 0 Å². The fraction of sp³-hybridized carbons (Fsp3) is 0.765. The zero-order chi connectivity index (χ0) is 15.8. The Balaban J connectivity index is 2.58. The molecule has 0 radical (unpaired) electrons. The molecule has 21 heavy (non-hydrogen) atoms. The van der Waals surface area contributed by atoms with Gasteiger partial charge in [0.05, 0.1) is 6.61 Å². The smallest absolute Gasteiger partial charge is 0.333 e. The van der Waals surface area contributed by atoms with E-state index in [2.05, 4.69) is 13.5 Å². The predicted octanol–water partition coefficient (Wildman–Crippen LogP) is 3.64. The lowest BCUT2D eigenvalue weighted by molar-refractivity contribution is -0.149. The third-order valence-electron chi connectivity index (χ3n) is 4.05. The molecule has 3 atom stereocenters. The Bertz CT molecular complexity index is 375. The molecule has 3 unspecified atom stereocenters. The first kappa shape index (κ1) is 17.7. The van der Waals surface area contributed by atoms with Crippen molar-refractivity contribution in [3.8, 4) is 0 Å². The monoisotopic (exact) mass is 296 g/mol. The molecule has 0 spiro atoms. The Kier molecular flexibility index (Phi) is 7.48. The van der Waals surface area contributed by atoms with Crippen molar-refractivity contribution in [2.45, 2.75) is 65.4 Å². The first-order valence-corrected chi connectivity index (χ1v) is 7.93. The van der Waals surface area contributed by atoms with E-state index < -0.39 is 0 Å². The molecule has 0 bridgehead atoms. The maximum atomic E-state index is 11.8. The van der Waals surface area contributed by atoms with Crippen molar-refractivity contribution < 1.29 is 19.1 Å². The maximum Gasteiger partial charge on any atom is 0.333 e. The number of rotatable bonds is 7. The van der Waals surface area contributed by atoms with E-state index in [0.29, 0.717) is 24.0 Å². The third kappa shape index (κ3) is 6.32. The Labute approximate surface area is 127 Å². The van der Waals surface area contributed by atoms with Gasteiger partial charge in [0, 0.05) is 12.5 Å². The molecule has 0 aromatic carbocycles. The van der Waals surface area contributed by atoms with Crippen LogP contribution in [0.2, 0.25) is 0 Å². The fourth-order valence-electron chi connectivity index (χ4n) is 2.97. The predicted molar refractivity (Wildman–Crippen MR) is 81.7 cm³/mol. The average molecular weight is 296 g/mol. The van der Waals surface area contributed by atoms with Crippen molar-refractivity contribution in [1.82, 2.24) is 0 Å². The standard InChI is InChI=1S/C17H28O4/c1-5-7-16(21-17(19)12(2)3)15-9-6-8-14(10-15)11-20-13(4)18/h14-16H,2,5-11H2,1,3-4H3. The summed E-state index contributed by atoms with van der Waals surface area (Å²) in [6, 6.07) is 0. The molecule has 4 nitrogen and oxygen atoms in total. The molecule has 1 aliphatic carbocycles. The van der Waals surface area contributed by atoms with Gasteiger partial charge < -0.3 is 9.47 Å². The van der Waals surface area contributed by atoms with E-state index in [0.717, 1.165) is 38.5 Å². The van der Waals surface area contributed by atoms with Crippen LogP contribution in [0.15, 0.2) is 12.2 Å². The van der Waals surface area contributed by atoms with Gasteiger partial charge in [-0.2, -0.15) is 0 Å². The lowest BCUT2D eigenvalue weighted by Crippen LogP contribution is -2.32. The van der Waals surface area contributed by atoms with Crippen molar-refractivity contribution in [2.75, 3.05) is 6.61 Å². The highest BCUT2D eigenvalue weighted by molar-refractivity contribution is 5.87. The first-order chi connectivity index (χ1) is 9.93. The van der Waals surface area contributed by atoms with Crippen molar-refractivity contribution in [2.24, 2.45) is 11.8 Å². The topological polar surface area (TPSA) is 52.6 Å². The molecule has 0 aliphatic heterocycles. The highest BCUT2D eigenvalue weighted by atomic mass is 16.5. The van der Waals surface area contributed by atoms with Crippen LogP contribution in [0, 0.1) is 11.8 Å². The Hall–Kier alpha value is -1.32. The van der Waals surface area contributed by atoms with Gasteiger partial charge in [-0.1, -0.05) is 26.3 Å². The quantitative estimate of drug-likeness (QED) is 0.531. The molecule has 1 fully saturated rings. The van der Waals surface area contributed by atoms with E-state index >= 15 is 0 Å². The number of esters is 2. The normalized spacial score (nSPS) is 23.2. The lowest BCUT2D eigenvalue weighted by Gasteiger charge is -2.34. The third-order valence-corrected chi connectivity index (χ3v) is 4.05. The van der Waals surface area contributed by atoms with Crippen LogP contribution in [0.5, 0.6) is 0 Å². The summed E-state index contributed by atoms with van der Waals surface area (Å²) in [5, 5.41) is 0. The van der Waals surface area contributed by atoms with Crippen LogP contribution in [-0.4, -0.2) is 24.6 Å². The van der Waals surface area contributed by atoms with E-state index in [-0.39, 0.29) is 18.0 Å². The zero-order valence-electron chi connectivity index (χ0n) is 13.5. The molecule has 0 aromatic rings. The molecule has 1 aliphatic rings. The molecular formula is C17H28O4. The number of hydrogen-bond donors (Lipinski definition) is 0. The minimum Gasteiger partial charge on any atom is -0.466 e. The summed E-state index contributed by atoms with van der Waals surface area (Å²) in [5.41, 5.74) is 0.448. The van der Waals surface area contributed by atoms with E-state index in [4.69, 9.17) is 9.47 Å². The van der Waals surface area contributed by atoms with Crippen molar-refractivity contribution >= 4 is 11.9 Å². The summed E-state index contributed by atoms with van der Waals surface area (Å²) in [6.45, 7) is 9.34. The van der Waals surface area contributed by atoms with Crippen molar-refractivity contribution in [3.63, 3.8) is 0 Å². The first-order valence-electron chi connectivity index (χ1n) is 7.93. The van der Waals surface area contributed by atoms with Crippen LogP contribution in [-0.2, 0) is 19.1 Å². The Morgan fingerprint density at radius 3 is 2.57 bits per heavy atom. The van der Waals surface area contributed by atoms with Crippen molar-refractivity contribution in [1.29, 1.82) is 0 Å². The SMILES string of the molecule is C=C(C)C(=O)OC(CCC)C1CCCC(COC(C)=O)C1. The Morgan fingerprint density at radius 2 is 2.00 bits per heavy atom. The molecule has 1 saturated carbocycles. The summed E-state index contributed by atoms with van der Waals surface area (Å²) >= 11 is 0. The van der Waals surface area contributed by atoms with Gasteiger partial charge in [-0.05, 0) is 44.4 Å². The van der Waals surface area contributed by atoms with Gasteiger partial charge in [-0.15, -0.1) is 0 Å². The average Bonchev–Trinajstić information content (AvgIpc) is 2.44. The number of ether oxygens (including phenoxy) is 2. The summed E-state index contributed by atoms with van der Waals surface area (Å²) in [6.07, 6.45) is 6.03. The van der Waals surface area contributed by atoms with Crippen LogP contribution in [0.1, 0.15) is 59.3 Å². The Morgan fingerprint density at radius 1 is 1.29 bits per heavy atom. The van der Waals surface area contributed by atoms with E-state index in [1.54, 1.807) is 6.92 Å². The number of carbonyl (C=O) groups is 2. The molecule has 120 valence electrons. The number of hydrogen-bond acceptors (Lipinski definition) is 4. The van der Waals surface area contributed by atoms with Gasteiger partial charge in [0.2, 0.25) is 0 Å². The molecule has 1 rings (SSSR count). The molecule has 0 saturated heterocycles. The van der Waals surface area contributed by atoms with Gasteiger partial charge in [-0.25, -0.2) is 4.79 Å². The van der Waals surface area contributed by atoms with Crippen LogP contribution >= 0.6 is 0 Å². The molecule has 0 heterocycles. The zero-order valence-corrected chi connectivity index (χ0v) is 13.5. The van der Waals surface area contributed by atoms with E-state index in [1.807, 2.05) is 0 Å². The second kappa shape index (κ2) is 8.85. The minimum absolute atomic E-state index is 0.0423. The summed E-state index contributed by atoms with van der Waals surface area (Å²) < 4.78 is 10.7. The molecular weight excluding hydrogens is 268 g/mol. The highest BCUT2D eigenvalue weighted by Gasteiger charge is 2.31. The minimum atomic E-state index is -0.296. The second-order valence-electron chi connectivity index (χ2n) is 6.11. The van der Waals surface area contributed by atoms with Crippen LogP contribution in [0.25, 0.3) is 0 Å². The molecule has 0 N–H and O–H groups in total. The van der Waals surface area contributed by atoms with Crippen molar-refractivity contribution in [3.05, 3.63) is 12.2 Å². The van der Waals surface area contributed by atoms with Crippen LogP contribution in [0.3, 0.4) is 0 Å². The van der Waals surface area contributed by atoms with Gasteiger partial charge in [0.15, 0.2) is 0 Å². The molecule has 4 heteroatoms. The summed E-state index contributed by atoms with van der Waals surface area (Å²) in [4.78, 5) is 22.7. The van der Waals surface area contributed by atoms with Gasteiger partial charge in [0.1, 0.15) is 6.10 Å².